The fourth-order valence-corrected chi connectivity index (χ4v) is 2.21. The lowest BCUT2D eigenvalue weighted by molar-refractivity contribution is -0.118. The number of anilines is 1. The van der Waals surface area contributed by atoms with Crippen LogP contribution in [0.5, 0.6) is 5.75 Å². The van der Waals surface area contributed by atoms with Gasteiger partial charge in [0, 0.05) is 5.56 Å². The Morgan fingerprint density at radius 1 is 1.36 bits per heavy atom. The number of rotatable bonds is 3. The van der Waals surface area contributed by atoms with Crippen LogP contribution in [0, 0.1) is 24.1 Å². The molecular weight excluding hydrogens is 287 g/mol. The zero-order valence-electron chi connectivity index (χ0n) is 11.7. The molecule has 0 heterocycles. The van der Waals surface area contributed by atoms with Crippen molar-refractivity contribution in [1.82, 2.24) is 0 Å². The van der Waals surface area contributed by atoms with Gasteiger partial charge < -0.3 is 15.5 Å². The third-order valence-corrected chi connectivity index (χ3v) is 3.25. The summed E-state index contributed by atoms with van der Waals surface area (Å²) in [5, 5.41) is 30.2. The van der Waals surface area contributed by atoms with Gasteiger partial charge in [-0.3, -0.25) is 4.79 Å². The van der Waals surface area contributed by atoms with Crippen LogP contribution in [0.2, 0.25) is 0 Å². The first-order chi connectivity index (χ1) is 10.5. The highest BCUT2D eigenvalue weighted by molar-refractivity contribution is 5.96. The van der Waals surface area contributed by atoms with E-state index in [2.05, 4.69) is 5.32 Å². The molecule has 0 radical (unpaired) electrons. The van der Waals surface area contributed by atoms with Crippen LogP contribution >= 0.6 is 0 Å². The average molecular weight is 300 g/mol. The molecule has 2 rings (SSSR count). The third-order valence-electron chi connectivity index (χ3n) is 3.25. The number of nitriles is 1. The molecule has 0 spiro atoms. The van der Waals surface area contributed by atoms with Crippen LogP contribution in [0.15, 0.2) is 30.3 Å². The van der Waals surface area contributed by atoms with Crippen molar-refractivity contribution >= 4 is 11.6 Å². The quantitative estimate of drug-likeness (QED) is 0.758. The lowest BCUT2D eigenvalue weighted by Crippen LogP contribution is -2.17. The Morgan fingerprint density at radius 3 is 2.55 bits per heavy atom. The van der Waals surface area contributed by atoms with E-state index in [4.69, 9.17) is 5.11 Å². The summed E-state index contributed by atoms with van der Waals surface area (Å²) in [5.74, 6) is -2.61. The second-order valence-electron chi connectivity index (χ2n) is 4.60. The van der Waals surface area contributed by atoms with Crippen molar-refractivity contribution in [2.45, 2.75) is 6.92 Å². The molecule has 112 valence electrons. The summed E-state index contributed by atoms with van der Waals surface area (Å²) in [7, 11) is 0. The van der Waals surface area contributed by atoms with Crippen LogP contribution in [-0.4, -0.2) is 22.7 Å². The number of carbonyl (C=O) groups excluding carboxylic acids is 1. The number of aliphatic hydroxyl groups excluding tert-OH is 1. The molecule has 0 aliphatic heterocycles. The second-order valence-corrected chi connectivity index (χ2v) is 4.60. The summed E-state index contributed by atoms with van der Waals surface area (Å²) in [6.45, 7) is 0.684. The zero-order valence-corrected chi connectivity index (χ0v) is 11.7. The first kappa shape index (κ1) is 15.5. The van der Waals surface area contributed by atoms with Gasteiger partial charge in [-0.05, 0) is 18.1 Å². The van der Waals surface area contributed by atoms with E-state index < -0.39 is 24.1 Å². The molecule has 6 heteroatoms. The Bertz CT molecular complexity index is 767. The number of aromatic hydroxyl groups is 1. The van der Waals surface area contributed by atoms with Crippen LogP contribution in [0.3, 0.4) is 0 Å². The van der Waals surface area contributed by atoms with Crippen molar-refractivity contribution in [2.75, 3.05) is 11.9 Å². The van der Waals surface area contributed by atoms with Gasteiger partial charge in [0.25, 0.3) is 0 Å². The van der Waals surface area contributed by atoms with E-state index in [0.29, 0.717) is 5.56 Å². The molecule has 0 aliphatic carbocycles. The lowest BCUT2D eigenvalue weighted by atomic mass is 9.94. The van der Waals surface area contributed by atoms with E-state index in [1.165, 1.54) is 6.92 Å². The molecule has 2 aromatic rings. The monoisotopic (exact) mass is 300 g/mol. The third kappa shape index (κ3) is 2.62. The Morgan fingerprint density at radius 2 is 2.00 bits per heavy atom. The number of aliphatic hydroxyl groups is 1. The molecule has 0 saturated heterocycles. The zero-order chi connectivity index (χ0) is 16.3. The van der Waals surface area contributed by atoms with Crippen molar-refractivity contribution < 1.29 is 19.4 Å². The van der Waals surface area contributed by atoms with Gasteiger partial charge in [0.2, 0.25) is 5.91 Å². The van der Waals surface area contributed by atoms with Crippen molar-refractivity contribution in [3.05, 3.63) is 47.3 Å². The number of amides is 1. The minimum Gasteiger partial charge on any atom is -0.503 e. The molecule has 0 unspecified atom stereocenters. The van der Waals surface area contributed by atoms with Crippen LogP contribution in [0.4, 0.5) is 10.1 Å². The maximum absolute atomic E-state index is 14.5. The Kier molecular flexibility index (Phi) is 4.39. The predicted molar refractivity (Wildman–Crippen MR) is 78.7 cm³/mol. The highest BCUT2D eigenvalue weighted by atomic mass is 19.1. The number of nitrogens with zero attached hydrogens (tertiary/aromatic N) is 1. The molecule has 0 fully saturated rings. The first-order valence-electron chi connectivity index (χ1n) is 6.42. The SMILES string of the molecule is Cc1c(C#N)c(NC(=O)CO)c(O)c(F)c1-c1ccccc1. The summed E-state index contributed by atoms with van der Waals surface area (Å²) < 4.78 is 14.5. The maximum atomic E-state index is 14.5. The molecule has 22 heavy (non-hydrogen) atoms. The second kappa shape index (κ2) is 6.24. The van der Waals surface area contributed by atoms with E-state index in [0.717, 1.165) is 0 Å². The highest BCUT2D eigenvalue weighted by Gasteiger charge is 2.23. The largest absolute Gasteiger partial charge is 0.503 e. The highest BCUT2D eigenvalue weighted by Crippen LogP contribution is 2.40. The summed E-state index contributed by atoms with van der Waals surface area (Å²) in [5.41, 5.74) is 0.494. The number of phenolic OH excluding ortho intramolecular Hbond substituents is 1. The fourth-order valence-electron chi connectivity index (χ4n) is 2.21. The van der Waals surface area contributed by atoms with E-state index in [1.807, 2.05) is 6.07 Å². The van der Waals surface area contributed by atoms with Crippen LogP contribution < -0.4 is 5.32 Å². The molecule has 0 bridgehead atoms. The van der Waals surface area contributed by atoms with Crippen LogP contribution in [0.1, 0.15) is 11.1 Å². The van der Waals surface area contributed by atoms with Crippen molar-refractivity contribution in [2.24, 2.45) is 0 Å². The molecule has 0 atom stereocenters. The molecule has 1 amide bonds. The Hall–Kier alpha value is -2.91. The van der Waals surface area contributed by atoms with E-state index in [-0.39, 0.29) is 22.4 Å². The number of halogens is 1. The summed E-state index contributed by atoms with van der Waals surface area (Å²) >= 11 is 0. The van der Waals surface area contributed by atoms with E-state index in [1.54, 1.807) is 30.3 Å². The average Bonchev–Trinajstić information content (AvgIpc) is 2.53. The fraction of sp³-hybridized carbons (Fsp3) is 0.125. The van der Waals surface area contributed by atoms with Gasteiger partial charge in [-0.1, -0.05) is 30.3 Å². The molecule has 2 aromatic carbocycles. The first-order valence-corrected chi connectivity index (χ1v) is 6.42. The summed E-state index contributed by atoms with van der Waals surface area (Å²) in [6.07, 6.45) is 0. The normalized spacial score (nSPS) is 10.1. The summed E-state index contributed by atoms with van der Waals surface area (Å²) in [6, 6.07) is 10.3. The smallest absolute Gasteiger partial charge is 0.250 e. The van der Waals surface area contributed by atoms with Crippen molar-refractivity contribution in [1.29, 1.82) is 5.26 Å². The number of benzene rings is 2. The van der Waals surface area contributed by atoms with Gasteiger partial charge in [-0.2, -0.15) is 5.26 Å². The lowest BCUT2D eigenvalue weighted by Gasteiger charge is -2.16. The Balaban J connectivity index is 2.73. The standard InChI is InChI=1S/C16H13FN2O3/c1-9-11(7-18)15(19-12(21)8-20)16(22)14(17)13(9)10-5-3-2-4-6-10/h2-6,20,22H,8H2,1H3,(H,19,21). The minimum absolute atomic E-state index is 0.0560. The van der Waals surface area contributed by atoms with Gasteiger partial charge in [0.1, 0.15) is 18.4 Å². The van der Waals surface area contributed by atoms with Crippen molar-refractivity contribution in [3.63, 3.8) is 0 Å². The number of phenols is 1. The molecule has 0 aliphatic rings. The van der Waals surface area contributed by atoms with Gasteiger partial charge in [0.05, 0.1) is 5.56 Å². The maximum Gasteiger partial charge on any atom is 0.250 e. The minimum atomic E-state index is -0.934. The van der Waals surface area contributed by atoms with Crippen LogP contribution in [-0.2, 0) is 4.79 Å². The van der Waals surface area contributed by atoms with E-state index >= 15 is 0 Å². The number of carbonyl (C=O) groups is 1. The van der Waals surface area contributed by atoms with Gasteiger partial charge in [-0.15, -0.1) is 0 Å². The number of nitrogens with one attached hydrogen (secondary N) is 1. The molecule has 5 nitrogen and oxygen atoms in total. The van der Waals surface area contributed by atoms with Gasteiger partial charge >= 0.3 is 0 Å². The molecule has 0 saturated carbocycles. The van der Waals surface area contributed by atoms with Crippen LogP contribution in [0.25, 0.3) is 11.1 Å². The topological polar surface area (TPSA) is 93.4 Å². The molecular formula is C16H13FN2O3. The number of hydrogen-bond acceptors (Lipinski definition) is 4. The van der Waals surface area contributed by atoms with E-state index in [9.17, 15) is 19.6 Å². The van der Waals surface area contributed by atoms with Gasteiger partial charge in [-0.25, -0.2) is 4.39 Å². The van der Waals surface area contributed by atoms with Gasteiger partial charge in [0.15, 0.2) is 11.6 Å². The molecule has 3 N–H and O–H groups in total. The number of hydrogen-bond donors (Lipinski definition) is 3. The molecule has 0 aromatic heterocycles. The van der Waals surface area contributed by atoms with Crippen molar-refractivity contribution in [3.8, 4) is 22.9 Å². The summed E-state index contributed by atoms with van der Waals surface area (Å²) in [4.78, 5) is 11.3. The predicted octanol–water partition coefficient (Wildman–Crippen LogP) is 2.31. The Labute approximate surface area is 126 Å².